The summed E-state index contributed by atoms with van der Waals surface area (Å²) < 4.78 is 38.8. The molecule has 3 atom stereocenters. The Morgan fingerprint density at radius 1 is 1.26 bits per heavy atom. The number of hydrogen-bond donors (Lipinski definition) is 1. The first-order chi connectivity index (χ1) is 8.76. The van der Waals surface area contributed by atoms with Crippen molar-refractivity contribution in [2.45, 2.75) is 49.9 Å². The zero-order valence-corrected chi connectivity index (χ0v) is 12.5. The molecule has 0 aromatic heterocycles. The van der Waals surface area contributed by atoms with Crippen LogP contribution in [0.5, 0.6) is 0 Å². The molecule has 2 rings (SSSR count). The van der Waals surface area contributed by atoms with Gasteiger partial charge >= 0.3 is 0 Å². The number of benzene rings is 1. The van der Waals surface area contributed by atoms with Crippen LogP contribution in [0.1, 0.15) is 39.3 Å². The van der Waals surface area contributed by atoms with Gasteiger partial charge in [0, 0.05) is 12.1 Å². The first kappa shape index (κ1) is 14.5. The Morgan fingerprint density at radius 2 is 1.89 bits per heavy atom. The third-order valence-electron chi connectivity index (χ3n) is 3.89. The molecule has 0 amide bonds. The van der Waals surface area contributed by atoms with E-state index in [0.29, 0.717) is 5.56 Å². The van der Waals surface area contributed by atoms with Gasteiger partial charge < -0.3 is 5.32 Å². The van der Waals surface area contributed by atoms with Gasteiger partial charge in [-0.15, -0.1) is 0 Å². The van der Waals surface area contributed by atoms with Gasteiger partial charge in [-0.05, 0) is 24.5 Å². The van der Waals surface area contributed by atoms with Crippen LogP contribution < -0.4 is 5.32 Å². The fourth-order valence-electron chi connectivity index (χ4n) is 2.69. The summed E-state index contributed by atoms with van der Waals surface area (Å²) >= 11 is 0. The fraction of sp³-hybridized carbons (Fsp3) is 0.571. The maximum absolute atomic E-state index is 14.0. The lowest BCUT2D eigenvalue weighted by Gasteiger charge is -2.37. The van der Waals surface area contributed by atoms with Crippen molar-refractivity contribution in [1.82, 2.24) is 5.32 Å². The van der Waals surface area contributed by atoms with Gasteiger partial charge in [-0.1, -0.05) is 32.9 Å². The van der Waals surface area contributed by atoms with Gasteiger partial charge in [0.25, 0.3) is 0 Å². The summed E-state index contributed by atoms with van der Waals surface area (Å²) in [7, 11) is -3.58. The van der Waals surface area contributed by atoms with Crippen molar-refractivity contribution in [3.8, 4) is 0 Å². The molecule has 106 valence electrons. The first-order valence-corrected chi connectivity index (χ1v) is 8.09. The quantitative estimate of drug-likeness (QED) is 0.908. The number of halogens is 1. The van der Waals surface area contributed by atoms with Crippen molar-refractivity contribution in [3.05, 3.63) is 29.6 Å². The molecule has 0 fully saturated rings. The van der Waals surface area contributed by atoms with E-state index in [-0.39, 0.29) is 22.9 Å². The Balaban J connectivity index is 2.66. The van der Waals surface area contributed by atoms with Crippen LogP contribution in [0.4, 0.5) is 4.39 Å². The monoisotopic (exact) mass is 285 g/mol. The smallest absolute Gasteiger partial charge is 0.184 e. The molecular formula is C14H20FNO2S. The normalized spacial score (nSPS) is 29.3. The minimum atomic E-state index is -3.58. The van der Waals surface area contributed by atoms with E-state index in [4.69, 9.17) is 0 Å². The van der Waals surface area contributed by atoms with Crippen LogP contribution in [0.2, 0.25) is 0 Å². The molecule has 1 aliphatic rings. The third kappa shape index (κ3) is 2.30. The van der Waals surface area contributed by atoms with E-state index in [9.17, 15) is 12.8 Å². The summed E-state index contributed by atoms with van der Waals surface area (Å²) in [5.74, 6) is -0.742. The molecule has 19 heavy (non-hydrogen) atoms. The summed E-state index contributed by atoms with van der Waals surface area (Å²) in [4.78, 5) is -0.126. The van der Waals surface area contributed by atoms with Crippen molar-refractivity contribution >= 4 is 9.84 Å². The lowest BCUT2D eigenvalue weighted by Crippen LogP contribution is -2.43. The summed E-state index contributed by atoms with van der Waals surface area (Å²) in [6.07, 6.45) is 0. The summed E-state index contributed by atoms with van der Waals surface area (Å²) in [5.41, 5.74) is 0.555. The molecule has 1 heterocycles. The van der Waals surface area contributed by atoms with Gasteiger partial charge in [-0.2, -0.15) is 0 Å². The molecule has 0 saturated heterocycles. The highest BCUT2D eigenvalue weighted by Crippen LogP contribution is 2.41. The van der Waals surface area contributed by atoms with Crippen molar-refractivity contribution in [2.75, 3.05) is 0 Å². The van der Waals surface area contributed by atoms with Crippen molar-refractivity contribution in [2.24, 2.45) is 5.92 Å². The predicted molar refractivity (Wildman–Crippen MR) is 73.2 cm³/mol. The Morgan fingerprint density at radius 3 is 2.47 bits per heavy atom. The molecule has 0 bridgehead atoms. The van der Waals surface area contributed by atoms with Crippen LogP contribution in [0.25, 0.3) is 0 Å². The highest BCUT2D eigenvalue weighted by Gasteiger charge is 2.43. The summed E-state index contributed by atoms with van der Waals surface area (Å²) in [5, 5.41) is 2.76. The molecule has 1 aliphatic heterocycles. The van der Waals surface area contributed by atoms with Crippen LogP contribution in [0, 0.1) is 11.7 Å². The van der Waals surface area contributed by atoms with Gasteiger partial charge in [0.15, 0.2) is 9.84 Å². The Labute approximate surface area is 114 Å². The molecule has 0 aliphatic carbocycles. The van der Waals surface area contributed by atoms with Crippen molar-refractivity contribution in [3.63, 3.8) is 0 Å². The third-order valence-corrected chi connectivity index (χ3v) is 6.29. The van der Waals surface area contributed by atoms with Gasteiger partial charge in [0.05, 0.1) is 5.25 Å². The number of hydrogen-bond acceptors (Lipinski definition) is 3. The Bertz CT molecular complexity index is 583. The van der Waals surface area contributed by atoms with Crippen LogP contribution >= 0.6 is 0 Å². The minimum absolute atomic E-state index is 0.0956. The Hall–Kier alpha value is -0.940. The molecule has 3 nitrogen and oxygen atoms in total. The molecular weight excluding hydrogens is 265 g/mol. The Kier molecular flexibility index (Phi) is 3.71. The number of nitrogens with one attached hydrogen (secondary N) is 1. The second-order valence-electron chi connectivity index (χ2n) is 5.57. The van der Waals surface area contributed by atoms with Gasteiger partial charge in [-0.25, -0.2) is 12.8 Å². The van der Waals surface area contributed by atoms with E-state index in [0.717, 1.165) is 0 Å². The molecule has 5 heteroatoms. The minimum Gasteiger partial charge on any atom is -0.307 e. The lowest BCUT2D eigenvalue weighted by atomic mass is 9.90. The largest absolute Gasteiger partial charge is 0.307 e. The second-order valence-corrected chi connectivity index (χ2v) is 7.81. The molecule has 0 saturated carbocycles. The van der Waals surface area contributed by atoms with E-state index in [1.807, 2.05) is 20.8 Å². The van der Waals surface area contributed by atoms with E-state index in [1.54, 1.807) is 19.1 Å². The van der Waals surface area contributed by atoms with E-state index in [1.165, 1.54) is 6.07 Å². The molecule has 0 radical (unpaired) electrons. The van der Waals surface area contributed by atoms with Gasteiger partial charge in [-0.3, -0.25) is 0 Å². The average molecular weight is 285 g/mol. The predicted octanol–water partition coefficient (Wildman–Crippen LogP) is 2.68. The van der Waals surface area contributed by atoms with Crippen molar-refractivity contribution < 1.29 is 12.8 Å². The van der Waals surface area contributed by atoms with Gasteiger partial charge in [0.1, 0.15) is 10.7 Å². The topological polar surface area (TPSA) is 46.2 Å². The number of sulfone groups is 1. The first-order valence-electron chi connectivity index (χ1n) is 6.55. The zero-order valence-electron chi connectivity index (χ0n) is 11.6. The summed E-state index contributed by atoms with van der Waals surface area (Å²) in [6.45, 7) is 7.55. The van der Waals surface area contributed by atoms with Gasteiger partial charge in [0.2, 0.25) is 0 Å². The molecule has 1 aromatic carbocycles. The zero-order chi connectivity index (χ0) is 14.4. The van der Waals surface area contributed by atoms with E-state index >= 15 is 0 Å². The van der Waals surface area contributed by atoms with E-state index < -0.39 is 20.9 Å². The average Bonchev–Trinajstić information content (AvgIpc) is 2.31. The standard InChI is InChI=1S/C14H20FNO2S/c1-8(2)16-13-9(3)10(4)19(17,18)14-11(13)6-5-7-12(14)15/h5-10,13,16H,1-4H3. The lowest BCUT2D eigenvalue weighted by molar-refractivity contribution is 0.332. The molecule has 1 N–H and O–H groups in total. The SMILES string of the molecule is CC(C)NC1c2cccc(F)c2S(=O)(=O)C(C)C1C. The molecule has 1 aromatic rings. The maximum atomic E-state index is 14.0. The molecule has 3 unspecified atom stereocenters. The van der Waals surface area contributed by atoms with Crippen LogP contribution in [-0.2, 0) is 9.84 Å². The second kappa shape index (κ2) is 4.87. The van der Waals surface area contributed by atoms with Crippen LogP contribution in [0.3, 0.4) is 0 Å². The number of fused-ring (bicyclic) bond motifs is 1. The van der Waals surface area contributed by atoms with Crippen LogP contribution in [0.15, 0.2) is 23.1 Å². The van der Waals surface area contributed by atoms with E-state index in [2.05, 4.69) is 5.32 Å². The number of rotatable bonds is 2. The molecule has 0 spiro atoms. The maximum Gasteiger partial charge on any atom is 0.184 e. The fourth-order valence-corrected chi connectivity index (χ4v) is 4.65. The van der Waals surface area contributed by atoms with Crippen LogP contribution in [-0.4, -0.2) is 19.7 Å². The summed E-state index contributed by atoms with van der Waals surface area (Å²) in [6, 6.07) is 4.56. The highest BCUT2D eigenvalue weighted by molar-refractivity contribution is 7.92. The van der Waals surface area contributed by atoms with Crippen molar-refractivity contribution in [1.29, 1.82) is 0 Å². The highest BCUT2D eigenvalue weighted by atomic mass is 32.2.